The van der Waals surface area contributed by atoms with Crippen molar-refractivity contribution >= 4 is 60.7 Å². The molecule has 2 aliphatic rings. The van der Waals surface area contributed by atoms with Crippen LogP contribution in [-0.2, 0) is 0 Å². The Hall–Kier alpha value is -3.46. The van der Waals surface area contributed by atoms with Gasteiger partial charge in [0.2, 0.25) is 5.95 Å². The number of nitrogens with one attached hydrogen (secondary N) is 1. The van der Waals surface area contributed by atoms with E-state index >= 15 is 4.39 Å². The number of nitrogen functional groups attached to an aromatic ring is 1. The number of nitrogens with two attached hydrogens (primary N) is 1. The van der Waals surface area contributed by atoms with E-state index in [4.69, 9.17) is 27.1 Å². The van der Waals surface area contributed by atoms with Crippen LogP contribution in [0.3, 0.4) is 0 Å². The lowest BCUT2D eigenvalue weighted by molar-refractivity contribution is 0.300. The molecule has 4 aromatic rings. The van der Waals surface area contributed by atoms with Crippen molar-refractivity contribution in [1.29, 1.82) is 5.26 Å². The molecule has 190 valence electrons. The first-order chi connectivity index (χ1) is 17.8. The van der Waals surface area contributed by atoms with E-state index < -0.39 is 11.6 Å². The molecule has 2 aromatic carbocycles. The summed E-state index contributed by atoms with van der Waals surface area (Å²) in [5.74, 6) is -0.0654. The second-order valence-corrected chi connectivity index (χ2v) is 10.6. The van der Waals surface area contributed by atoms with Gasteiger partial charge in [-0.25, -0.2) is 13.8 Å². The third kappa shape index (κ3) is 3.54. The number of nitrogens with zero attached hydrogens (tertiary/aromatic N) is 5. The van der Waals surface area contributed by atoms with E-state index in [1.54, 1.807) is 0 Å². The van der Waals surface area contributed by atoms with E-state index in [1.165, 1.54) is 12.1 Å². The molecule has 12 heteroatoms. The number of fused-ring (bicyclic) bond motifs is 1. The highest BCUT2D eigenvalue weighted by molar-refractivity contribution is 7.23. The normalized spacial score (nSPS) is 17.7. The van der Waals surface area contributed by atoms with Crippen LogP contribution in [0.4, 0.5) is 25.5 Å². The molecule has 0 spiro atoms. The average molecular weight is 542 g/mol. The molecule has 0 aliphatic carbocycles. The highest BCUT2D eigenvalue weighted by Gasteiger charge is 2.33. The van der Waals surface area contributed by atoms with E-state index in [9.17, 15) is 9.65 Å². The molecule has 0 radical (unpaired) electrons. The van der Waals surface area contributed by atoms with Crippen molar-refractivity contribution in [2.24, 2.45) is 0 Å². The molecular weight excluding hydrogens is 520 g/mol. The van der Waals surface area contributed by atoms with Crippen molar-refractivity contribution in [2.75, 3.05) is 55.4 Å². The monoisotopic (exact) mass is 541 g/mol. The van der Waals surface area contributed by atoms with Crippen molar-refractivity contribution < 1.29 is 13.5 Å². The summed E-state index contributed by atoms with van der Waals surface area (Å²) in [5.41, 5.74) is 6.39. The maximum Gasteiger partial charge on any atom is 0.228 e. The van der Waals surface area contributed by atoms with Crippen LogP contribution < -0.4 is 25.6 Å². The molecule has 1 saturated heterocycles. The zero-order valence-electron chi connectivity index (χ0n) is 20.0. The Morgan fingerprint density at radius 1 is 1.24 bits per heavy atom. The van der Waals surface area contributed by atoms with Gasteiger partial charge in [0.15, 0.2) is 11.6 Å². The third-order valence-electron chi connectivity index (χ3n) is 7.01. The van der Waals surface area contributed by atoms with E-state index in [0.717, 1.165) is 24.4 Å². The zero-order valence-corrected chi connectivity index (χ0v) is 21.6. The molecule has 0 bridgehead atoms. The van der Waals surface area contributed by atoms with Crippen molar-refractivity contribution in [3.63, 3.8) is 0 Å². The van der Waals surface area contributed by atoms with Gasteiger partial charge in [0.1, 0.15) is 34.8 Å². The Morgan fingerprint density at radius 2 is 2.00 bits per heavy atom. The summed E-state index contributed by atoms with van der Waals surface area (Å²) in [5, 5.41) is 13.8. The van der Waals surface area contributed by atoms with Crippen molar-refractivity contribution in [2.45, 2.75) is 13.0 Å². The second-order valence-electron chi connectivity index (χ2n) is 9.16. The largest absolute Gasteiger partial charge is 0.489 e. The number of nitriles is 1. The van der Waals surface area contributed by atoms with Gasteiger partial charge in [0.05, 0.1) is 26.7 Å². The van der Waals surface area contributed by atoms with Crippen LogP contribution in [-0.4, -0.2) is 55.8 Å². The minimum absolute atomic E-state index is 0.00819. The summed E-state index contributed by atoms with van der Waals surface area (Å²) >= 11 is 7.81. The Balaban J connectivity index is 1.72. The molecule has 37 heavy (non-hydrogen) atoms. The highest BCUT2D eigenvalue weighted by Crippen LogP contribution is 2.50. The number of benzene rings is 2. The minimum Gasteiger partial charge on any atom is -0.489 e. The zero-order chi connectivity index (χ0) is 26.0. The molecule has 2 aliphatic heterocycles. The summed E-state index contributed by atoms with van der Waals surface area (Å²) in [6.45, 7) is 5.13. The van der Waals surface area contributed by atoms with Gasteiger partial charge in [0, 0.05) is 44.2 Å². The van der Waals surface area contributed by atoms with Gasteiger partial charge in [-0.3, -0.25) is 0 Å². The van der Waals surface area contributed by atoms with E-state index in [-0.39, 0.29) is 60.7 Å². The van der Waals surface area contributed by atoms with E-state index in [1.807, 2.05) is 29.8 Å². The van der Waals surface area contributed by atoms with E-state index in [2.05, 4.69) is 10.3 Å². The minimum atomic E-state index is -0.697. The van der Waals surface area contributed by atoms with Crippen LogP contribution >= 0.6 is 22.9 Å². The lowest BCUT2D eigenvalue weighted by Crippen LogP contribution is -2.44. The van der Waals surface area contributed by atoms with Gasteiger partial charge in [-0.05, 0) is 18.6 Å². The summed E-state index contributed by atoms with van der Waals surface area (Å²) in [6.07, 6.45) is 0. The smallest absolute Gasteiger partial charge is 0.228 e. The molecule has 1 fully saturated rings. The van der Waals surface area contributed by atoms with Gasteiger partial charge < -0.3 is 25.6 Å². The predicted octanol–water partition coefficient (Wildman–Crippen LogP) is 4.52. The second kappa shape index (κ2) is 8.83. The van der Waals surface area contributed by atoms with Gasteiger partial charge in [-0.1, -0.05) is 17.7 Å². The number of likely N-dealkylation sites (N-methyl/N-ethyl adjacent to an activating group) is 1. The first-order valence-corrected chi connectivity index (χ1v) is 13.0. The number of thiophene rings is 1. The number of rotatable bonds is 2. The predicted molar refractivity (Wildman–Crippen MR) is 143 cm³/mol. The number of piperazine rings is 1. The fourth-order valence-corrected chi connectivity index (χ4v) is 6.19. The molecule has 0 saturated carbocycles. The number of ether oxygens (including phenoxy) is 1. The highest BCUT2D eigenvalue weighted by atomic mass is 35.5. The van der Waals surface area contributed by atoms with Crippen LogP contribution in [0, 0.1) is 23.0 Å². The SMILES string of the molecule is C[C@H]1COc2c(Cl)c(-c3ccc(F)c4sc(N)c(C#N)c34)c(F)c3nc(N4CCNCC4)nc(c23)N1C. The van der Waals surface area contributed by atoms with Gasteiger partial charge >= 0.3 is 0 Å². The van der Waals surface area contributed by atoms with Crippen LogP contribution in [0.25, 0.3) is 32.1 Å². The molecule has 4 heterocycles. The molecule has 1 atom stereocenters. The van der Waals surface area contributed by atoms with E-state index in [0.29, 0.717) is 30.2 Å². The number of hydrogen-bond donors (Lipinski definition) is 2. The Kier molecular flexibility index (Phi) is 5.71. The Labute approximate surface area is 220 Å². The third-order valence-corrected chi connectivity index (χ3v) is 8.40. The number of aromatic nitrogens is 2. The summed E-state index contributed by atoms with van der Waals surface area (Å²) < 4.78 is 37.6. The number of hydrogen-bond acceptors (Lipinski definition) is 9. The van der Waals surface area contributed by atoms with Crippen LogP contribution in [0.2, 0.25) is 5.02 Å². The fourth-order valence-electron chi connectivity index (χ4n) is 4.91. The topological polar surface area (TPSA) is 103 Å². The molecule has 2 aromatic heterocycles. The van der Waals surface area contributed by atoms with Crippen LogP contribution in [0.15, 0.2) is 12.1 Å². The maximum atomic E-state index is 16.6. The maximum absolute atomic E-state index is 16.6. The van der Waals surface area contributed by atoms with Crippen LogP contribution in [0.5, 0.6) is 5.75 Å². The van der Waals surface area contributed by atoms with Crippen molar-refractivity contribution in [3.8, 4) is 22.9 Å². The van der Waals surface area contributed by atoms with Gasteiger partial charge in [-0.15, -0.1) is 11.3 Å². The standard InChI is InChI=1S/C25H22ClF2N7OS/c1-11-10-36-21-17-20(32-25(33-24(17)34(11)2)35-7-5-31-6-8-35)19(28)16(18(21)26)12-3-4-14(27)22-15(12)13(9-29)23(30)37-22/h3-4,11,31H,5-8,10,30H2,1-2H3/t11-/m0/s1. The van der Waals surface area contributed by atoms with Crippen molar-refractivity contribution in [3.05, 3.63) is 34.4 Å². The lowest BCUT2D eigenvalue weighted by atomic mass is 9.96. The molecule has 0 unspecified atom stereocenters. The molecular formula is C25H22ClF2N7OS. The summed E-state index contributed by atoms with van der Waals surface area (Å²) in [6, 6.07) is 4.59. The Morgan fingerprint density at radius 3 is 2.73 bits per heavy atom. The summed E-state index contributed by atoms with van der Waals surface area (Å²) in [4.78, 5) is 13.4. The lowest BCUT2D eigenvalue weighted by Gasteiger charge is -2.29. The first kappa shape index (κ1) is 23.9. The quantitative estimate of drug-likeness (QED) is 0.382. The molecule has 3 N–H and O–H groups in total. The Bertz CT molecular complexity index is 1630. The molecule has 8 nitrogen and oxygen atoms in total. The first-order valence-electron chi connectivity index (χ1n) is 11.8. The number of halogens is 3. The average Bonchev–Trinajstić information content (AvgIpc) is 3.19. The van der Waals surface area contributed by atoms with Gasteiger partial charge in [-0.2, -0.15) is 10.2 Å². The molecule has 0 amide bonds. The summed E-state index contributed by atoms with van der Waals surface area (Å²) in [7, 11) is 1.88. The van der Waals surface area contributed by atoms with Crippen molar-refractivity contribution in [1.82, 2.24) is 15.3 Å². The number of anilines is 3. The van der Waals surface area contributed by atoms with Crippen LogP contribution in [0.1, 0.15) is 12.5 Å². The molecule has 6 rings (SSSR count). The van der Waals surface area contributed by atoms with Gasteiger partial charge in [0.25, 0.3) is 0 Å². The fraction of sp³-hybridized carbons (Fsp3) is 0.320.